The van der Waals surface area contributed by atoms with E-state index in [0.717, 1.165) is 12.2 Å². The molecule has 0 aromatic rings. The van der Waals surface area contributed by atoms with E-state index in [0.29, 0.717) is 28.8 Å². The molecule has 12 heteroatoms. The molecule has 0 aliphatic carbocycles. The number of esters is 2. The van der Waals surface area contributed by atoms with Gasteiger partial charge >= 0.3 is 24.1 Å². The molecule has 2 amide bonds. The third-order valence-electron chi connectivity index (χ3n) is 5.60. The summed E-state index contributed by atoms with van der Waals surface area (Å²) in [4.78, 5) is 43.3. The topological polar surface area (TPSA) is 159 Å². The van der Waals surface area contributed by atoms with E-state index in [2.05, 4.69) is 98.3 Å². The monoisotopic (exact) mass is 859 g/mol. The van der Waals surface area contributed by atoms with E-state index in [1.807, 2.05) is 88.4 Å². The minimum atomic E-state index is -1.14. The van der Waals surface area contributed by atoms with Crippen LogP contribution in [0.25, 0.3) is 0 Å². The van der Waals surface area contributed by atoms with Crippen molar-refractivity contribution >= 4 is 24.1 Å². The van der Waals surface area contributed by atoms with Crippen molar-refractivity contribution in [3.63, 3.8) is 0 Å². The minimum Gasteiger partial charge on any atom is -0.492 e. The Labute approximate surface area is 369 Å². The number of alkyl carbamates (subject to hydrolysis) is 1. The molecule has 0 bridgehead atoms. The molecule has 0 saturated heterocycles. The fourth-order valence-electron chi connectivity index (χ4n) is 2.57. The van der Waals surface area contributed by atoms with E-state index in [4.69, 9.17) is 24.1 Å². The van der Waals surface area contributed by atoms with Crippen LogP contribution in [0.5, 0.6) is 0 Å². The highest BCUT2D eigenvalue weighted by Crippen LogP contribution is 2.25. The lowest BCUT2D eigenvalue weighted by molar-refractivity contribution is -0.138. The van der Waals surface area contributed by atoms with E-state index in [9.17, 15) is 19.2 Å². The molecule has 0 aliphatic heterocycles. The molecule has 356 valence electrons. The molecule has 0 fully saturated rings. The smallest absolute Gasteiger partial charge is 0.407 e. The maximum Gasteiger partial charge on any atom is 0.407 e. The van der Waals surface area contributed by atoms with E-state index in [1.54, 1.807) is 18.2 Å². The normalized spacial score (nSPS) is 10.3. The third-order valence-corrected chi connectivity index (χ3v) is 5.60. The maximum atomic E-state index is 12.1. The zero-order valence-electron chi connectivity index (χ0n) is 42.1. The quantitative estimate of drug-likeness (QED) is 0.0230. The first-order valence-electron chi connectivity index (χ1n) is 21.0. The Kier molecular flexibility index (Phi) is 59.5. The van der Waals surface area contributed by atoms with Gasteiger partial charge < -0.3 is 39.4 Å². The first-order valence-corrected chi connectivity index (χ1v) is 21.0. The summed E-state index contributed by atoms with van der Waals surface area (Å²) in [5.74, 6) is 0.294. The molecule has 60 heavy (non-hydrogen) atoms. The number of nitrogens with one attached hydrogen (secondary N) is 2. The van der Waals surface area contributed by atoms with Gasteiger partial charge in [0.15, 0.2) is 0 Å². The molecule has 12 nitrogen and oxygen atoms in total. The lowest BCUT2D eigenvalue weighted by Crippen LogP contribution is -2.38. The van der Waals surface area contributed by atoms with E-state index in [-0.39, 0.29) is 38.8 Å². The minimum absolute atomic E-state index is 0.0170. The number of carbonyl (C=O) groups excluding carboxylic acids is 3. The molecule has 0 heterocycles. The fraction of sp³-hybridized carbons (Fsp3) is 0.667. The molecule has 0 spiro atoms. The van der Waals surface area contributed by atoms with Crippen molar-refractivity contribution in [1.82, 2.24) is 10.6 Å². The number of hydrogen-bond acceptors (Lipinski definition) is 9. The van der Waals surface area contributed by atoms with Gasteiger partial charge in [-0.3, -0.25) is 0 Å². The van der Waals surface area contributed by atoms with Crippen molar-refractivity contribution in [3.8, 4) is 0 Å². The highest BCUT2D eigenvalue weighted by molar-refractivity contribution is 5.81. The van der Waals surface area contributed by atoms with Crippen LogP contribution in [0, 0.1) is 16.7 Å². The molecule has 1 atom stereocenters. The summed E-state index contributed by atoms with van der Waals surface area (Å²) in [6.07, 6.45) is 6.44. The van der Waals surface area contributed by atoms with Crippen molar-refractivity contribution in [2.45, 2.75) is 163 Å². The van der Waals surface area contributed by atoms with Gasteiger partial charge in [0.25, 0.3) is 0 Å². The van der Waals surface area contributed by atoms with Crippen LogP contribution < -0.4 is 10.6 Å². The second-order valence-electron chi connectivity index (χ2n) is 15.1. The van der Waals surface area contributed by atoms with Gasteiger partial charge in [-0.15, -0.1) is 6.58 Å². The Morgan fingerprint density at radius 2 is 1.07 bits per heavy atom. The summed E-state index contributed by atoms with van der Waals surface area (Å²) in [7, 11) is 0. The molecule has 1 unspecified atom stereocenters. The number of ether oxygens (including phenoxy) is 5. The van der Waals surface area contributed by atoms with Gasteiger partial charge in [0, 0.05) is 24.5 Å². The van der Waals surface area contributed by atoms with Crippen LogP contribution in [0.4, 0.5) is 9.59 Å². The van der Waals surface area contributed by atoms with Crippen LogP contribution in [-0.2, 0) is 33.3 Å². The van der Waals surface area contributed by atoms with Gasteiger partial charge in [0.05, 0.1) is 18.8 Å². The first kappa shape index (κ1) is 73.1. The Bertz CT molecular complexity index is 1120. The van der Waals surface area contributed by atoms with Gasteiger partial charge in [0.2, 0.25) is 0 Å². The molecule has 0 aromatic carbocycles. The highest BCUT2D eigenvalue weighted by atomic mass is 16.6. The van der Waals surface area contributed by atoms with Gasteiger partial charge in [-0.05, 0) is 50.7 Å². The zero-order valence-corrected chi connectivity index (χ0v) is 42.1. The predicted octanol–water partition coefficient (Wildman–Crippen LogP) is 13.0. The number of amides is 2. The summed E-state index contributed by atoms with van der Waals surface area (Å²) in [6, 6.07) is 0. The largest absolute Gasteiger partial charge is 0.492 e. The summed E-state index contributed by atoms with van der Waals surface area (Å²) in [5.41, 5.74) is 0.416. The van der Waals surface area contributed by atoms with Gasteiger partial charge in [-0.25, -0.2) is 19.2 Å². The van der Waals surface area contributed by atoms with Gasteiger partial charge in [0.1, 0.15) is 37.3 Å². The number of carbonyl (C=O) groups is 4. The zero-order chi connectivity index (χ0) is 49.6. The Morgan fingerprint density at radius 3 is 1.35 bits per heavy atom. The SMILES string of the molecule is C=CC.C=CC(=O)OCCNC(=O)O.C=CC(=O)OCCNC(=O)OC(CO/C(C=C)=C/C)CC(C)(C)OC(=C)C(C)C.CC.CC.CC.CC(C)(C)C.CCC(C)(C)C. The third kappa shape index (κ3) is 77.9. The molecular weight excluding hydrogens is 765 g/mol. The molecule has 0 radical (unpaired) electrons. The molecule has 0 rings (SSSR count). The summed E-state index contributed by atoms with van der Waals surface area (Å²) < 4.78 is 26.4. The molecule has 0 aromatic heterocycles. The lowest BCUT2D eigenvalue weighted by Gasteiger charge is -2.32. The highest BCUT2D eigenvalue weighted by Gasteiger charge is 2.29. The average molecular weight is 859 g/mol. The molecule has 0 saturated carbocycles. The Balaban J connectivity index is -0.000000118. The van der Waals surface area contributed by atoms with Crippen LogP contribution in [0.2, 0.25) is 0 Å². The van der Waals surface area contributed by atoms with E-state index >= 15 is 0 Å². The number of carboxylic acid groups (broad SMARTS) is 1. The van der Waals surface area contributed by atoms with E-state index < -0.39 is 35.8 Å². The molecule has 3 N–H and O–H groups in total. The summed E-state index contributed by atoms with van der Waals surface area (Å²) in [5, 5.41) is 12.6. The fourth-order valence-corrected chi connectivity index (χ4v) is 2.57. The maximum absolute atomic E-state index is 12.1. The van der Waals surface area contributed by atoms with Crippen molar-refractivity contribution in [2.24, 2.45) is 16.7 Å². The van der Waals surface area contributed by atoms with Gasteiger partial charge in [-0.1, -0.05) is 150 Å². The molecule has 0 aliphatic rings. The van der Waals surface area contributed by atoms with E-state index in [1.165, 1.54) is 6.42 Å². The standard InChI is InChI=1S/C22H35NO6.C6H9NO4.C6H14.C5H12.C3H6.3C2H6/c1-9-18(10-2)27-15-19(14-22(7,8)29-17(6)16(4)5)28-21(25)23-12-13-26-20(24)11-3;1-2-5(8)11-4-3-7-6(9)10;1-5-6(2,3)4;1-5(2,3)4;1-3-2;3*1-2/h9-11,16,19H,1,3,6,12-15H2,2,4-5,7-8H3,(H,23,25);2,7H,1,3-4H2,(H,9,10);5H2,1-4H3;1-4H3;3H,1H2,2H3;3*1-2H3/b18-10+;;;;;;;. The number of hydrogen-bond donors (Lipinski definition) is 3. The summed E-state index contributed by atoms with van der Waals surface area (Å²) in [6.45, 7) is 59.0. The van der Waals surface area contributed by atoms with Crippen molar-refractivity contribution in [2.75, 3.05) is 32.9 Å². The Hall–Kier alpha value is -4.48. The molecular formula is C48H94N2O10. The lowest BCUT2D eigenvalue weighted by atomic mass is 9.94. The van der Waals surface area contributed by atoms with Gasteiger partial charge in [-0.2, -0.15) is 0 Å². The van der Waals surface area contributed by atoms with Crippen molar-refractivity contribution in [1.29, 1.82) is 0 Å². The average Bonchev–Trinajstić information content (AvgIpc) is 3.17. The van der Waals surface area contributed by atoms with Crippen LogP contribution in [0.3, 0.4) is 0 Å². The predicted molar refractivity (Wildman–Crippen MR) is 255 cm³/mol. The van der Waals surface area contributed by atoms with Crippen molar-refractivity contribution in [3.05, 3.63) is 74.8 Å². The number of rotatable bonds is 18. The Morgan fingerprint density at radius 1 is 0.700 bits per heavy atom. The second-order valence-corrected chi connectivity index (χ2v) is 15.1. The van der Waals surface area contributed by atoms with Crippen molar-refractivity contribution < 1.29 is 48.0 Å². The summed E-state index contributed by atoms with van der Waals surface area (Å²) >= 11 is 0. The van der Waals surface area contributed by atoms with Crippen LogP contribution in [0.15, 0.2) is 74.8 Å². The van der Waals surface area contributed by atoms with Crippen LogP contribution in [-0.4, -0.2) is 73.8 Å². The van der Waals surface area contributed by atoms with Crippen LogP contribution in [0.1, 0.15) is 151 Å². The second kappa shape index (κ2) is 48.9. The first-order chi connectivity index (χ1) is 27.7. The van der Waals surface area contributed by atoms with Crippen LogP contribution >= 0.6 is 0 Å². The number of allylic oxidation sites excluding steroid dienone is 4.